The van der Waals surface area contributed by atoms with Crippen LogP contribution in [0.3, 0.4) is 0 Å². The molecule has 0 aliphatic heterocycles. The van der Waals surface area contributed by atoms with Crippen LogP contribution in [0.25, 0.3) is 11.4 Å². The van der Waals surface area contributed by atoms with Crippen LogP contribution in [0.1, 0.15) is 19.9 Å². The highest BCUT2D eigenvalue weighted by molar-refractivity contribution is 6.29. The summed E-state index contributed by atoms with van der Waals surface area (Å²) < 4.78 is 15.4. The van der Waals surface area contributed by atoms with Crippen molar-refractivity contribution < 1.29 is 4.39 Å². The Morgan fingerprint density at radius 3 is 2.62 bits per heavy atom. The first kappa shape index (κ1) is 11.1. The van der Waals surface area contributed by atoms with Crippen LogP contribution in [0.5, 0.6) is 0 Å². The Morgan fingerprint density at radius 1 is 1.31 bits per heavy atom. The van der Waals surface area contributed by atoms with E-state index < -0.39 is 0 Å². The van der Waals surface area contributed by atoms with Crippen LogP contribution in [0.4, 0.5) is 4.39 Å². The molecule has 0 fully saturated rings. The molecule has 0 amide bonds. The number of aromatic nitrogens is 2. The van der Waals surface area contributed by atoms with Crippen molar-refractivity contribution in [1.82, 2.24) is 9.55 Å². The van der Waals surface area contributed by atoms with Gasteiger partial charge in [0, 0.05) is 6.04 Å². The number of hydrogen-bond acceptors (Lipinski definition) is 1. The van der Waals surface area contributed by atoms with Gasteiger partial charge in [0.1, 0.15) is 16.8 Å². The van der Waals surface area contributed by atoms with Crippen molar-refractivity contribution in [2.75, 3.05) is 0 Å². The molecule has 1 heterocycles. The van der Waals surface area contributed by atoms with Crippen LogP contribution < -0.4 is 0 Å². The molecule has 16 heavy (non-hydrogen) atoms. The highest BCUT2D eigenvalue weighted by Gasteiger charge is 2.15. The smallest absolute Gasteiger partial charge is 0.144 e. The Hall–Kier alpha value is -1.35. The van der Waals surface area contributed by atoms with Crippen molar-refractivity contribution in [3.8, 4) is 11.4 Å². The van der Waals surface area contributed by atoms with Gasteiger partial charge in [0.2, 0.25) is 0 Å². The predicted molar refractivity (Wildman–Crippen MR) is 63.0 cm³/mol. The van der Waals surface area contributed by atoms with Crippen molar-refractivity contribution in [2.24, 2.45) is 0 Å². The van der Waals surface area contributed by atoms with Crippen LogP contribution in [0.15, 0.2) is 30.5 Å². The van der Waals surface area contributed by atoms with Gasteiger partial charge in [-0.15, -0.1) is 0 Å². The summed E-state index contributed by atoms with van der Waals surface area (Å²) in [7, 11) is 0. The Bertz CT molecular complexity index is 505. The lowest BCUT2D eigenvalue weighted by Gasteiger charge is -2.13. The van der Waals surface area contributed by atoms with Crippen LogP contribution in [-0.4, -0.2) is 9.55 Å². The van der Waals surface area contributed by atoms with Gasteiger partial charge in [-0.25, -0.2) is 9.37 Å². The average molecular weight is 239 g/mol. The van der Waals surface area contributed by atoms with E-state index in [1.807, 2.05) is 13.8 Å². The minimum absolute atomic E-state index is 0.143. The van der Waals surface area contributed by atoms with E-state index in [1.54, 1.807) is 29.0 Å². The number of imidazole rings is 1. The van der Waals surface area contributed by atoms with E-state index >= 15 is 0 Å². The van der Waals surface area contributed by atoms with Gasteiger partial charge >= 0.3 is 0 Å². The summed E-state index contributed by atoms with van der Waals surface area (Å²) in [5.74, 6) is 0.282. The minimum Gasteiger partial charge on any atom is -0.312 e. The zero-order valence-electron chi connectivity index (χ0n) is 9.11. The molecule has 0 atom stereocenters. The first-order valence-corrected chi connectivity index (χ1v) is 5.46. The average Bonchev–Trinajstić information content (AvgIpc) is 2.61. The molecule has 0 saturated carbocycles. The van der Waals surface area contributed by atoms with Gasteiger partial charge in [-0.3, -0.25) is 0 Å². The molecule has 0 bridgehead atoms. The summed E-state index contributed by atoms with van der Waals surface area (Å²) in [6, 6.07) is 6.70. The summed E-state index contributed by atoms with van der Waals surface area (Å²) in [4.78, 5) is 4.16. The number of benzene rings is 1. The lowest BCUT2D eigenvalue weighted by Crippen LogP contribution is -2.04. The Kier molecular flexibility index (Phi) is 2.97. The Labute approximate surface area is 98.7 Å². The third-order valence-electron chi connectivity index (χ3n) is 2.38. The maximum Gasteiger partial charge on any atom is 0.144 e. The van der Waals surface area contributed by atoms with Crippen LogP contribution in [-0.2, 0) is 0 Å². The maximum atomic E-state index is 13.6. The lowest BCUT2D eigenvalue weighted by atomic mass is 10.2. The van der Waals surface area contributed by atoms with Gasteiger partial charge in [0.05, 0.1) is 11.8 Å². The fraction of sp³-hybridized carbons (Fsp3) is 0.250. The zero-order chi connectivity index (χ0) is 11.7. The van der Waals surface area contributed by atoms with Gasteiger partial charge in [-0.05, 0) is 26.0 Å². The first-order valence-electron chi connectivity index (χ1n) is 5.09. The van der Waals surface area contributed by atoms with Crippen molar-refractivity contribution >= 4 is 11.6 Å². The van der Waals surface area contributed by atoms with Crippen LogP contribution in [0, 0.1) is 5.82 Å². The minimum atomic E-state index is -0.285. The molecule has 0 N–H and O–H groups in total. The summed E-state index contributed by atoms with van der Waals surface area (Å²) >= 11 is 6.02. The van der Waals surface area contributed by atoms with Crippen LogP contribution >= 0.6 is 11.6 Å². The molecule has 2 aromatic rings. The van der Waals surface area contributed by atoms with E-state index in [1.165, 1.54) is 6.07 Å². The van der Waals surface area contributed by atoms with Gasteiger partial charge in [-0.1, -0.05) is 23.7 Å². The molecule has 1 aromatic carbocycles. The number of halogens is 2. The third-order valence-corrected chi connectivity index (χ3v) is 2.66. The third kappa shape index (κ3) is 1.83. The molecule has 0 spiro atoms. The topological polar surface area (TPSA) is 17.8 Å². The predicted octanol–water partition coefficient (Wildman–Crippen LogP) is 3.92. The van der Waals surface area contributed by atoms with Crippen molar-refractivity contribution in [3.63, 3.8) is 0 Å². The number of hydrogen-bond donors (Lipinski definition) is 0. The molecule has 0 saturated heterocycles. The Balaban J connectivity index is 2.61. The normalized spacial score (nSPS) is 11.1. The number of rotatable bonds is 2. The van der Waals surface area contributed by atoms with E-state index in [2.05, 4.69) is 4.98 Å². The standard InChI is InChI=1S/C12H12ClFN2/c1-8(2)16-11(13)7-15-12(16)9-5-3-4-6-10(9)14/h3-8H,1-2H3. The molecule has 4 heteroatoms. The van der Waals surface area contributed by atoms with Gasteiger partial charge in [0.25, 0.3) is 0 Å². The van der Waals surface area contributed by atoms with E-state index in [-0.39, 0.29) is 11.9 Å². The SMILES string of the molecule is CC(C)n1c(Cl)cnc1-c1ccccc1F. The fourth-order valence-corrected chi connectivity index (χ4v) is 2.00. The lowest BCUT2D eigenvalue weighted by molar-refractivity contribution is 0.596. The van der Waals surface area contributed by atoms with E-state index in [0.717, 1.165) is 0 Å². The monoisotopic (exact) mass is 238 g/mol. The second-order valence-corrected chi connectivity index (χ2v) is 4.24. The van der Waals surface area contributed by atoms with Gasteiger partial charge < -0.3 is 4.57 Å². The quantitative estimate of drug-likeness (QED) is 0.775. The van der Waals surface area contributed by atoms with Crippen LogP contribution in [0.2, 0.25) is 5.15 Å². The van der Waals surface area contributed by atoms with E-state index in [9.17, 15) is 4.39 Å². The van der Waals surface area contributed by atoms with E-state index in [0.29, 0.717) is 16.5 Å². The highest BCUT2D eigenvalue weighted by Crippen LogP contribution is 2.27. The summed E-state index contributed by atoms with van der Waals surface area (Å²) in [5, 5.41) is 0.522. The second-order valence-electron chi connectivity index (χ2n) is 3.85. The molecule has 0 aliphatic rings. The zero-order valence-corrected chi connectivity index (χ0v) is 9.87. The molecule has 1 aromatic heterocycles. The molecular formula is C12H12ClFN2. The molecule has 2 nitrogen and oxygen atoms in total. The molecular weight excluding hydrogens is 227 g/mol. The first-order chi connectivity index (χ1) is 7.61. The molecule has 84 valence electrons. The molecule has 0 unspecified atom stereocenters. The molecule has 2 rings (SSSR count). The van der Waals surface area contributed by atoms with Crippen molar-refractivity contribution in [3.05, 3.63) is 41.4 Å². The molecule has 0 radical (unpaired) electrons. The van der Waals surface area contributed by atoms with Gasteiger partial charge in [0.15, 0.2) is 0 Å². The fourth-order valence-electron chi connectivity index (χ4n) is 1.67. The van der Waals surface area contributed by atoms with E-state index in [4.69, 9.17) is 11.6 Å². The summed E-state index contributed by atoms with van der Waals surface area (Å²) in [6.07, 6.45) is 1.54. The van der Waals surface area contributed by atoms with Crippen molar-refractivity contribution in [1.29, 1.82) is 0 Å². The maximum absolute atomic E-state index is 13.6. The molecule has 0 aliphatic carbocycles. The number of nitrogens with zero attached hydrogens (tertiary/aromatic N) is 2. The summed E-state index contributed by atoms with van der Waals surface area (Å²) in [5.41, 5.74) is 0.475. The van der Waals surface area contributed by atoms with Crippen molar-refractivity contribution in [2.45, 2.75) is 19.9 Å². The Morgan fingerprint density at radius 2 is 2.00 bits per heavy atom. The van der Waals surface area contributed by atoms with Gasteiger partial charge in [-0.2, -0.15) is 0 Å². The highest BCUT2D eigenvalue weighted by atomic mass is 35.5. The largest absolute Gasteiger partial charge is 0.312 e. The second kappa shape index (κ2) is 4.26. The summed E-state index contributed by atoms with van der Waals surface area (Å²) in [6.45, 7) is 3.97.